The molecule has 1 unspecified atom stereocenters. The molecule has 0 spiro atoms. The molecule has 2 aromatic carbocycles. The summed E-state index contributed by atoms with van der Waals surface area (Å²) in [5.41, 5.74) is 0.809. The summed E-state index contributed by atoms with van der Waals surface area (Å²) in [7, 11) is 0. The van der Waals surface area contributed by atoms with Crippen molar-refractivity contribution in [3.8, 4) is 0 Å². The van der Waals surface area contributed by atoms with Crippen LogP contribution in [0.4, 0.5) is 13.2 Å². The average Bonchev–Trinajstić information content (AvgIpc) is 2.32. The molecule has 5 heteroatoms. The van der Waals surface area contributed by atoms with Gasteiger partial charge in [0.15, 0.2) is 11.6 Å². The van der Waals surface area contributed by atoms with E-state index in [9.17, 15) is 18.3 Å². The lowest BCUT2D eigenvalue weighted by Gasteiger charge is -2.12. The molecule has 0 aromatic heterocycles. The zero-order chi connectivity index (χ0) is 14.0. The van der Waals surface area contributed by atoms with E-state index in [-0.39, 0.29) is 6.42 Å². The van der Waals surface area contributed by atoms with Gasteiger partial charge in [0.1, 0.15) is 5.82 Å². The van der Waals surface area contributed by atoms with E-state index in [1.54, 1.807) is 6.07 Å². The Morgan fingerprint density at radius 2 is 1.74 bits per heavy atom. The van der Waals surface area contributed by atoms with Crippen LogP contribution in [0.1, 0.15) is 17.2 Å². The number of hydrogen-bond donors (Lipinski definition) is 1. The molecule has 2 rings (SSSR count). The topological polar surface area (TPSA) is 20.2 Å². The Hall–Kier alpha value is -1.33. The van der Waals surface area contributed by atoms with Gasteiger partial charge in [-0.15, -0.1) is 0 Å². The first-order valence-electron chi connectivity index (χ1n) is 5.53. The summed E-state index contributed by atoms with van der Waals surface area (Å²) >= 11 is 3.13. The predicted molar refractivity (Wildman–Crippen MR) is 69.1 cm³/mol. The zero-order valence-electron chi connectivity index (χ0n) is 9.71. The summed E-state index contributed by atoms with van der Waals surface area (Å²) in [6.07, 6.45) is -0.913. The van der Waals surface area contributed by atoms with Crippen LogP contribution in [0.15, 0.2) is 40.9 Å². The van der Waals surface area contributed by atoms with Crippen molar-refractivity contribution >= 4 is 15.9 Å². The third-order valence-electron chi connectivity index (χ3n) is 2.68. The van der Waals surface area contributed by atoms with Gasteiger partial charge in [0.05, 0.1) is 6.10 Å². The Balaban J connectivity index is 2.20. The maximum Gasteiger partial charge on any atom is 0.159 e. The monoisotopic (exact) mass is 330 g/mol. The number of aliphatic hydroxyl groups is 1. The van der Waals surface area contributed by atoms with Crippen molar-refractivity contribution in [1.29, 1.82) is 0 Å². The van der Waals surface area contributed by atoms with E-state index in [1.165, 1.54) is 18.2 Å². The van der Waals surface area contributed by atoms with E-state index in [1.807, 2.05) is 0 Å². The fourth-order valence-corrected chi connectivity index (χ4v) is 2.26. The van der Waals surface area contributed by atoms with Crippen LogP contribution in [-0.2, 0) is 6.42 Å². The zero-order valence-corrected chi connectivity index (χ0v) is 11.3. The summed E-state index contributed by atoms with van der Waals surface area (Å²) in [5, 5.41) is 9.98. The van der Waals surface area contributed by atoms with Gasteiger partial charge in [-0.3, -0.25) is 0 Å². The van der Waals surface area contributed by atoms with Crippen LogP contribution in [0.25, 0.3) is 0 Å². The normalized spacial score (nSPS) is 12.5. The highest BCUT2D eigenvalue weighted by molar-refractivity contribution is 9.10. The van der Waals surface area contributed by atoms with Gasteiger partial charge >= 0.3 is 0 Å². The van der Waals surface area contributed by atoms with Gasteiger partial charge in [-0.2, -0.15) is 0 Å². The number of halogens is 4. The van der Waals surface area contributed by atoms with Gasteiger partial charge in [0.25, 0.3) is 0 Å². The first kappa shape index (κ1) is 14.1. The molecular formula is C14H10BrF3O. The Kier molecular flexibility index (Phi) is 4.27. The van der Waals surface area contributed by atoms with E-state index in [0.717, 1.165) is 12.1 Å². The second kappa shape index (κ2) is 5.75. The summed E-state index contributed by atoms with van der Waals surface area (Å²) in [6.45, 7) is 0. The Bertz CT molecular complexity index is 581. The lowest BCUT2D eigenvalue weighted by atomic mass is 10.0. The molecule has 1 nitrogen and oxygen atoms in total. The lowest BCUT2D eigenvalue weighted by molar-refractivity contribution is 0.178. The molecule has 1 atom stereocenters. The molecule has 0 saturated carbocycles. The first-order chi connectivity index (χ1) is 8.95. The SMILES string of the molecule is OC(Cc1ccc(F)c(F)c1)c1cc(F)cc(Br)c1. The molecule has 0 radical (unpaired) electrons. The third kappa shape index (κ3) is 3.58. The maximum absolute atomic E-state index is 13.2. The molecule has 100 valence electrons. The van der Waals surface area contributed by atoms with Gasteiger partial charge in [-0.05, 0) is 41.5 Å². The van der Waals surface area contributed by atoms with Crippen LogP contribution in [0, 0.1) is 17.5 Å². The fraction of sp³-hybridized carbons (Fsp3) is 0.143. The van der Waals surface area contributed by atoms with Crippen LogP contribution >= 0.6 is 15.9 Å². The van der Waals surface area contributed by atoms with Gasteiger partial charge in [0, 0.05) is 10.9 Å². The lowest BCUT2D eigenvalue weighted by Crippen LogP contribution is -2.03. The maximum atomic E-state index is 13.2. The summed E-state index contributed by atoms with van der Waals surface area (Å²) in [5.74, 6) is -2.38. The molecule has 0 saturated heterocycles. The molecule has 19 heavy (non-hydrogen) atoms. The van der Waals surface area contributed by atoms with Gasteiger partial charge < -0.3 is 5.11 Å². The minimum Gasteiger partial charge on any atom is -0.388 e. The summed E-state index contributed by atoms with van der Waals surface area (Å²) in [6, 6.07) is 7.46. The molecule has 0 amide bonds. The van der Waals surface area contributed by atoms with Crippen LogP contribution in [-0.4, -0.2) is 5.11 Å². The Morgan fingerprint density at radius 3 is 2.37 bits per heavy atom. The van der Waals surface area contributed by atoms with Crippen LogP contribution in [0.5, 0.6) is 0 Å². The highest BCUT2D eigenvalue weighted by atomic mass is 79.9. The van der Waals surface area contributed by atoms with E-state index >= 15 is 0 Å². The molecule has 1 N–H and O–H groups in total. The standard InChI is InChI=1S/C14H10BrF3O/c15-10-5-9(6-11(16)7-10)14(19)4-8-1-2-12(17)13(18)3-8/h1-3,5-7,14,19H,4H2. The second-order valence-corrected chi connectivity index (χ2v) is 5.09. The fourth-order valence-electron chi connectivity index (χ4n) is 1.78. The number of aliphatic hydroxyl groups excluding tert-OH is 1. The molecule has 0 aliphatic carbocycles. The molecule has 0 heterocycles. The van der Waals surface area contributed by atoms with E-state index in [0.29, 0.717) is 15.6 Å². The van der Waals surface area contributed by atoms with Crippen molar-refractivity contribution in [1.82, 2.24) is 0 Å². The minimum absolute atomic E-state index is 0.0765. The number of benzene rings is 2. The highest BCUT2D eigenvalue weighted by Crippen LogP contribution is 2.23. The first-order valence-corrected chi connectivity index (χ1v) is 6.33. The molecule has 0 aliphatic rings. The van der Waals surface area contributed by atoms with Gasteiger partial charge in [0.2, 0.25) is 0 Å². The Labute approximate surface area is 116 Å². The largest absolute Gasteiger partial charge is 0.388 e. The van der Waals surface area contributed by atoms with Crippen LogP contribution in [0.2, 0.25) is 0 Å². The van der Waals surface area contributed by atoms with E-state index in [4.69, 9.17) is 0 Å². The van der Waals surface area contributed by atoms with Crippen molar-refractivity contribution in [3.05, 3.63) is 69.4 Å². The van der Waals surface area contributed by atoms with Crippen LogP contribution in [0.3, 0.4) is 0 Å². The molecule has 0 bridgehead atoms. The van der Waals surface area contributed by atoms with E-state index < -0.39 is 23.6 Å². The predicted octanol–water partition coefficient (Wildman–Crippen LogP) is 4.14. The van der Waals surface area contributed by atoms with E-state index in [2.05, 4.69) is 15.9 Å². The van der Waals surface area contributed by atoms with Crippen molar-refractivity contribution in [2.45, 2.75) is 12.5 Å². The average molecular weight is 331 g/mol. The molecule has 0 fully saturated rings. The summed E-state index contributed by atoms with van der Waals surface area (Å²) < 4.78 is 39.5. The van der Waals surface area contributed by atoms with Gasteiger partial charge in [-0.1, -0.05) is 22.0 Å². The smallest absolute Gasteiger partial charge is 0.159 e. The van der Waals surface area contributed by atoms with Crippen molar-refractivity contribution < 1.29 is 18.3 Å². The minimum atomic E-state index is -0.989. The molecule has 0 aliphatic heterocycles. The molecular weight excluding hydrogens is 321 g/mol. The third-order valence-corrected chi connectivity index (χ3v) is 3.14. The highest BCUT2D eigenvalue weighted by Gasteiger charge is 2.12. The van der Waals surface area contributed by atoms with Crippen molar-refractivity contribution in [2.24, 2.45) is 0 Å². The summed E-state index contributed by atoms with van der Waals surface area (Å²) in [4.78, 5) is 0. The molecule has 2 aromatic rings. The van der Waals surface area contributed by atoms with Crippen LogP contribution < -0.4 is 0 Å². The quantitative estimate of drug-likeness (QED) is 0.896. The number of rotatable bonds is 3. The van der Waals surface area contributed by atoms with Gasteiger partial charge in [-0.25, -0.2) is 13.2 Å². The Morgan fingerprint density at radius 1 is 1.00 bits per heavy atom. The van der Waals surface area contributed by atoms with Crippen molar-refractivity contribution in [2.75, 3.05) is 0 Å². The van der Waals surface area contributed by atoms with Crippen molar-refractivity contribution in [3.63, 3.8) is 0 Å². The number of hydrogen-bond acceptors (Lipinski definition) is 1. The second-order valence-electron chi connectivity index (χ2n) is 4.17.